The zero-order valence-corrected chi connectivity index (χ0v) is 13.0. The number of unbranched alkanes of at least 4 members (excludes halogenated alkanes) is 9. The fourth-order valence-corrected chi connectivity index (χ4v) is 2.31. The van der Waals surface area contributed by atoms with Crippen LogP contribution in [-0.2, 0) is 0 Å². The summed E-state index contributed by atoms with van der Waals surface area (Å²) in [5.74, 6) is 0. The number of aliphatic hydroxyl groups excluding tert-OH is 1. The van der Waals surface area contributed by atoms with Gasteiger partial charge >= 0.3 is 0 Å². The standard InChI is InChI=1S/C16H35NO/c1-4-6-7-8-9-10-11-12-13-14-15-17(3)16(18)5-2/h16,18H,4-15H2,1-3H3. The molecular weight excluding hydrogens is 222 g/mol. The molecule has 0 bridgehead atoms. The van der Waals surface area contributed by atoms with Crippen LogP contribution in [0, 0.1) is 0 Å². The first kappa shape index (κ1) is 17.9. The molecule has 1 unspecified atom stereocenters. The van der Waals surface area contributed by atoms with E-state index in [1.165, 1.54) is 64.2 Å². The molecule has 18 heavy (non-hydrogen) atoms. The molecule has 0 aromatic carbocycles. The summed E-state index contributed by atoms with van der Waals surface area (Å²) in [6, 6.07) is 0. The maximum Gasteiger partial charge on any atom is 0.106 e. The van der Waals surface area contributed by atoms with Crippen LogP contribution in [0.3, 0.4) is 0 Å². The molecule has 0 aliphatic rings. The van der Waals surface area contributed by atoms with Gasteiger partial charge in [-0.3, -0.25) is 4.90 Å². The van der Waals surface area contributed by atoms with Gasteiger partial charge in [0.1, 0.15) is 6.23 Å². The van der Waals surface area contributed by atoms with Crippen molar-refractivity contribution in [3.63, 3.8) is 0 Å². The summed E-state index contributed by atoms with van der Waals surface area (Å²) in [4.78, 5) is 2.06. The van der Waals surface area contributed by atoms with Crippen LogP contribution < -0.4 is 0 Å². The second-order valence-corrected chi connectivity index (χ2v) is 5.55. The van der Waals surface area contributed by atoms with E-state index in [2.05, 4.69) is 11.8 Å². The first-order chi connectivity index (χ1) is 8.72. The predicted octanol–water partition coefficient (Wildman–Crippen LogP) is 4.57. The van der Waals surface area contributed by atoms with Crippen LogP contribution in [0.2, 0.25) is 0 Å². The van der Waals surface area contributed by atoms with Crippen molar-refractivity contribution in [3.05, 3.63) is 0 Å². The van der Waals surface area contributed by atoms with Crippen molar-refractivity contribution in [1.82, 2.24) is 4.90 Å². The van der Waals surface area contributed by atoms with E-state index in [-0.39, 0.29) is 6.23 Å². The van der Waals surface area contributed by atoms with Crippen LogP contribution in [0.25, 0.3) is 0 Å². The molecule has 0 amide bonds. The molecule has 0 aliphatic heterocycles. The van der Waals surface area contributed by atoms with Gasteiger partial charge < -0.3 is 5.11 Å². The van der Waals surface area contributed by atoms with Gasteiger partial charge in [0.05, 0.1) is 0 Å². The molecule has 1 N–H and O–H groups in total. The van der Waals surface area contributed by atoms with Crippen molar-refractivity contribution >= 4 is 0 Å². The van der Waals surface area contributed by atoms with E-state index in [1.807, 2.05) is 14.0 Å². The lowest BCUT2D eigenvalue weighted by Gasteiger charge is -2.21. The lowest BCUT2D eigenvalue weighted by Crippen LogP contribution is -2.31. The van der Waals surface area contributed by atoms with E-state index in [1.54, 1.807) is 0 Å². The summed E-state index contributed by atoms with van der Waals surface area (Å²) >= 11 is 0. The largest absolute Gasteiger partial charge is 0.378 e. The lowest BCUT2D eigenvalue weighted by atomic mass is 10.1. The quantitative estimate of drug-likeness (QED) is 0.386. The SMILES string of the molecule is CCCCCCCCCCCCN(C)C(O)CC. The van der Waals surface area contributed by atoms with Gasteiger partial charge in [0, 0.05) is 6.54 Å². The molecule has 0 heterocycles. The third-order valence-corrected chi connectivity index (χ3v) is 3.74. The van der Waals surface area contributed by atoms with Crippen LogP contribution in [0.5, 0.6) is 0 Å². The van der Waals surface area contributed by atoms with Gasteiger partial charge in [-0.15, -0.1) is 0 Å². The molecule has 0 saturated heterocycles. The number of hydrogen-bond donors (Lipinski definition) is 1. The molecule has 0 spiro atoms. The molecule has 0 radical (unpaired) electrons. The topological polar surface area (TPSA) is 23.5 Å². The molecule has 0 aliphatic carbocycles. The minimum Gasteiger partial charge on any atom is -0.378 e. The van der Waals surface area contributed by atoms with E-state index in [4.69, 9.17) is 0 Å². The highest BCUT2D eigenvalue weighted by Gasteiger charge is 2.06. The Kier molecular flexibility index (Phi) is 13.3. The Morgan fingerprint density at radius 2 is 1.22 bits per heavy atom. The van der Waals surface area contributed by atoms with Crippen molar-refractivity contribution in [2.24, 2.45) is 0 Å². The number of nitrogens with zero attached hydrogens (tertiary/aromatic N) is 1. The summed E-state index contributed by atoms with van der Waals surface area (Å²) in [7, 11) is 2.02. The highest BCUT2D eigenvalue weighted by molar-refractivity contribution is 4.55. The average Bonchev–Trinajstić information content (AvgIpc) is 2.39. The molecule has 0 aromatic heterocycles. The van der Waals surface area contributed by atoms with E-state index in [9.17, 15) is 5.11 Å². The highest BCUT2D eigenvalue weighted by atomic mass is 16.3. The Balaban J connectivity index is 3.11. The van der Waals surface area contributed by atoms with Crippen molar-refractivity contribution in [2.45, 2.75) is 90.7 Å². The first-order valence-corrected chi connectivity index (χ1v) is 8.10. The summed E-state index contributed by atoms with van der Waals surface area (Å²) in [6.45, 7) is 5.33. The van der Waals surface area contributed by atoms with E-state index < -0.39 is 0 Å². The van der Waals surface area contributed by atoms with Gasteiger partial charge in [-0.1, -0.05) is 71.6 Å². The molecule has 2 heteroatoms. The van der Waals surface area contributed by atoms with Gasteiger partial charge in [-0.05, 0) is 19.9 Å². The predicted molar refractivity (Wildman–Crippen MR) is 80.8 cm³/mol. The molecule has 0 fully saturated rings. The summed E-state index contributed by atoms with van der Waals surface area (Å²) in [6.07, 6.45) is 14.3. The Bertz CT molecular complexity index is 161. The van der Waals surface area contributed by atoms with Crippen LogP contribution in [0.1, 0.15) is 84.5 Å². The van der Waals surface area contributed by atoms with Crippen LogP contribution in [0.4, 0.5) is 0 Å². The van der Waals surface area contributed by atoms with Crippen LogP contribution in [0.15, 0.2) is 0 Å². The maximum atomic E-state index is 9.60. The normalized spacial score (nSPS) is 13.2. The van der Waals surface area contributed by atoms with Crippen molar-refractivity contribution in [2.75, 3.05) is 13.6 Å². The van der Waals surface area contributed by atoms with Crippen molar-refractivity contribution < 1.29 is 5.11 Å². The molecule has 0 saturated carbocycles. The highest BCUT2D eigenvalue weighted by Crippen LogP contribution is 2.11. The fraction of sp³-hybridized carbons (Fsp3) is 1.00. The molecule has 0 aromatic rings. The summed E-state index contributed by atoms with van der Waals surface area (Å²) < 4.78 is 0. The molecular formula is C16H35NO. The lowest BCUT2D eigenvalue weighted by molar-refractivity contribution is 0.0187. The third kappa shape index (κ3) is 11.0. The Labute approximate surface area is 115 Å². The smallest absolute Gasteiger partial charge is 0.106 e. The summed E-state index contributed by atoms with van der Waals surface area (Å²) in [5, 5.41) is 9.60. The van der Waals surface area contributed by atoms with Gasteiger partial charge in [-0.25, -0.2) is 0 Å². The van der Waals surface area contributed by atoms with Gasteiger partial charge in [0.2, 0.25) is 0 Å². The Morgan fingerprint density at radius 1 is 0.778 bits per heavy atom. The maximum absolute atomic E-state index is 9.60. The monoisotopic (exact) mass is 257 g/mol. The van der Waals surface area contributed by atoms with E-state index in [0.717, 1.165) is 13.0 Å². The zero-order valence-electron chi connectivity index (χ0n) is 13.0. The number of aliphatic hydroxyl groups is 1. The van der Waals surface area contributed by atoms with Gasteiger partial charge in [0.25, 0.3) is 0 Å². The minimum atomic E-state index is -0.247. The van der Waals surface area contributed by atoms with Gasteiger partial charge in [0.15, 0.2) is 0 Å². The fourth-order valence-electron chi connectivity index (χ4n) is 2.31. The zero-order chi connectivity index (χ0) is 13.6. The minimum absolute atomic E-state index is 0.247. The molecule has 1 atom stereocenters. The molecule has 2 nitrogen and oxygen atoms in total. The second kappa shape index (κ2) is 13.4. The Hall–Kier alpha value is -0.0800. The van der Waals surface area contributed by atoms with E-state index >= 15 is 0 Å². The van der Waals surface area contributed by atoms with Gasteiger partial charge in [-0.2, -0.15) is 0 Å². The summed E-state index contributed by atoms with van der Waals surface area (Å²) in [5.41, 5.74) is 0. The first-order valence-electron chi connectivity index (χ1n) is 8.10. The second-order valence-electron chi connectivity index (χ2n) is 5.55. The van der Waals surface area contributed by atoms with Crippen molar-refractivity contribution in [3.8, 4) is 0 Å². The number of hydrogen-bond acceptors (Lipinski definition) is 2. The third-order valence-electron chi connectivity index (χ3n) is 3.74. The van der Waals surface area contributed by atoms with Crippen LogP contribution in [-0.4, -0.2) is 29.8 Å². The average molecular weight is 257 g/mol. The van der Waals surface area contributed by atoms with Crippen molar-refractivity contribution in [1.29, 1.82) is 0 Å². The van der Waals surface area contributed by atoms with Crippen LogP contribution >= 0.6 is 0 Å². The number of rotatable bonds is 13. The Morgan fingerprint density at radius 3 is 1.67 bits per heavy atom. The van der Waals surface area contributed by atoms with E-state index in [0.29, 0.717) is 0 Å². The molecule has 110 valence electrons. The molecule has 0 rings (SSSR count).